The number of amides is 1. The maximum absolute atomic E-state index is 13.2. The molecule has 2 bridgehead atoms. The summed E-state index contributed by atoms with van der Waals surface area (Å²) in [5, 5.41) is 10.4. The average Bonchev–Trinajstić information content (AvgIpc) is 2.97. The van der Waals surface area contributed by atoms with Crippen LogP contribution in [0.15, 0.2) is 34.9 Å². The van der Waals surface area contributed by atoms with E-state index in [0.29, 0.717) is 23.5 Å². The molecule has 4 nitrogen and oxygen atoms in total. The molecule has 1 N–H and O–H groups in total. The molecule has 2 aliphatic rings. The van der Waals surface area contributed by atoms with Gasteiger partial charge in [-0.3, -0.25) is 4.79 Å². The van der Waals surface area contributed by atoms with Crippen molar-refractivity contribution in [3.05, 3.63) is 53.0 Å². The van der Waals surface area contributed by atoms with Gasteiger partial charge in [-0.15, -0.1) is 0 Å². The second kappa shape index (κ2) is 5.13. The number of fused-ring (bicyclic) bond motifs is 4. The smallest absolute Gasteiger partial charge is 0.257 e. The quantitative estimate of drug-likeness (QED) is 0.853. The van der Waals surface area contributed by atoms with Gasteiger partial charge in [-0.05, 0) is 48.4 Å². The summed E-state index contributed by atoms with van der Waals surface area (Å²) in [5.74, 6) is 1.04. The van der Waals surface area contributed by atoms with Crippen LogP contribution in [0.3, 0.4) is 0 Å². The molecule has 1 aromatic carbocycles. The molecule has 0 saturated carbocycles. The first-order valence-corrected chi connectivity index (χ1v) is 8.94. The fourth-order valence-corrected chi connectivity index (χ4v) is 4.93. The predicted octanol–water partition coefficient (Wildman–Crippen LogP) is 4.05. The maximum Gasteiger partial charge on any atom is 0.257 e. The van der Waals surface area contributed by atoms with Gasteiger partial charge in [-0.2, -0.15) is 0 Å². The van der Waals surface area contributed by atoms with Crippen LogP contribution in [0, 0.1) is 12.3 Å². The summed E-state index contributed by atoms with van der Waals surface area (Å²) in [5.41, 5.74) is 2.73. The molecule has 2 aromatic rings. The summed E-state index contributed by atoms with van der Waals surface area (Å²) in [6.45, 7) is 9.35. The maximum atomic E-state index is 13.2. The number of benzene rings is 1. The van der Waals surface area contributed by atoms with Crippen LogP contribution in [0.1, 0.15) is 54.4 Å². The molecular formula is C21H25NO3. The number of rotatable bonds is 1. The van der Waals surface area contributed by atoms with E-state index in [2.05, 4.69) is 26.8 Å². The molecule has 1 saturated heterocycles. The molecule has 0 unspecified atom stereocenters. The third-order valence-corrected chi connectivity index (χ3v) is 6.98. The first-order chi connectivity index (χ1) is 11.8. The van der Waals surface area contributed by atoms with Crippen molar-refractivity contribution in [1.82, 2.24) is 4.90 Å². The van der Waals surface area contributed by atoms with E-state index in [-0.39, 0.29) is 22.8 Å². The van der Waals surface area contributed by atoms with Gasteiger partial charge >= 0.3 is 0 Å². The summed E-state index contributed by atoms with van der Waals surface area (Å²) in [7, 11) is 0. The third-order valence-electron chi connectivity index (χ3n) is 6.98. The summed E-state index contributed by atoms with van der Waals surface area (Å²) < 4.78 is 5.34. The molecule has 4 heteroatoms. The zero-order valence-corrected chi connectivity index (χ0v) is 15.3. The van der Waals surface area contributed by atoms with Crippen LogP contribution in [-0.4, -0.2) is 28.5 Å². The van der Waals surface area contributed by atoms with Gasteiger partial charge in [0.1, 0.15) is 11.5 Å². The van der Waals surface area contributed by atoms with Crippen molar-refractivity contribution in [2.45, 2.75) is 52.0 Å². The Kier molecular flexibility index (Phi) is 3.34. The molecule has 25 heavy (non-hydrogen) atoms. The van der Waals surface area contributed by atoms with Gasteiger partial charge in [-0.1, -0.05) is 32.9 Å². The van der Waals surface area contributed by atoms with Crippen molar-refractivity contribution in [2.24, 2.45) is 5.41 Å². The first-order valence-electron chi connectivity index (χ1n) is 8.94. The van der Waals surface area contributed by atoms with Crippen LogP contribution < -0.4 is 0 Å². The number of aromatic hydroxyl groups is 1. The number of phenolic OH excluding ortho intramolecular Hbond substituents is 1. The van der Waals surface area contributed by atoms with Gasteiger partial charge in [0, 0.05) is 18.0 Å². The molecule has 1 aromatic heterocycles. The number of carbonyl (C=O) groups is 1. The number of hydrogen-bond donors (Lipinski definition) is 1. The van der Waals surface area contributed by atoms with Crippen molar-refractivity contribution in [1.29, 1.82) is 0 Å². The van der Waals surface area contributed by atoms with Crippen molar-refractivity contribution in [3.63, 3.8) is 0 Å². The third kappa shape index (κ3) is 2.03. The minimum Gasteiger partial charge on any atom is -0.508 e. The normalized spacial score (nSPS) is 27.0. The SMILES string of the molecule is Cc1occc1C(=O)N1CC[C@@]2(C)c3cccc(O)c3C[C@@H]1C2(C)C. The lowest BCUT2D eigenvalue weighted by Gasteiger charge is -2.60. The number of piperidine rings is 1. The lowest BCUT2D eigenvalue weighted by Crippen LogP contribution is -2.64. The molecule has 2 atom stereocenters. The number of hydrogen-bond acceptors (Lipinski definition) is 3. The van der Waals surface area contributed by atoms with Crippen molar-refractivity contribution in [3.8, 4) is 5.75 Å². The van der Waals surface area contributed by atoms with Crippen LogP contribution in [-0.2, 0) is 11.8 Å². The number of phenols is 1. The zero-order chi connectivity index (χ0) is 18.0. The Labute approximate surface area is 148 Å². The summed E-state index contributed by atoms with van der Waals surface area (Å²) in [6, 6.07) is 7.64. The Balaban J connectivity index is 1.82. The molecule has 4 rings (SSSR count). The predicted molar refractivity (Wildman–Crippen MR) is 95.8 cm³/mol. The van der Waals surface area contributed by atoms with Gasteiger partial charge in [0.25, 0.3) is 5.91 Å². The van der Waals surface area contributed by atoms with Crippen molar-refractivity contribution < 1.29 is 14.3 Å². The van der Waals surface area contributed by atoms with E-state index in [4.69, 9.17) is 4.42 Å². The molecule has 0 spiro atoms. The first kappa shape index (κ1) is 16.2. The molecule has 1 amide bonds. The van der Waals surface area contributed by atoms with E-state index in [1.165, 1.54) is 5.56 Å². The van der Waals surface area contributed by atoms with Gasteiger partial charge in [0.2, 0.25) is 0 Å². The summed E-state index contributed by atoms with van der Waals surface area (Å²) >= 11 is 0. The van der Waals surface area contributed by atoms with Gasteiger partial charge in [0.05, 0.1) is 11.8 Å². The zero-order valence-electron chi connectivity index (χ0n) is 15.3. The highest BCUT2D eigenvalue weighted by atomic mass is 16.3. The average molecular weight is 339 g/mol. The fraction of sp³-hybridized carbons (Fsp3) is 0.476. The minimum atomic E-state index is -0.0840. The van der Waals surface area contributed by atoms with E-state index < -0.39 is 0 Å². The molecule has 1 aliphatic carbocycles. The van der Waals surface area contributed by atoms with Crippen LogP contribution in [0.2, 0.25) is 0 Å². The minimum absolute atomic E-state index is 0.0326. The number of aryl methyl sites for hydroxylation is 1. The summed E-state index contributed by atoms with van der Waals surface area (Å²) in [4.78, 5) is 15.2. The van der Waals surface area contributed by atoms with E-state index in [1.807, 2.05) is 17.9 Å². The molecule has 2 heterocycles. The van der Waals surface area contributed by atoms with Crippen LogP contribution in [0.4, 0.5) is 0 Å². The largest absolute Gasteiger partial charge is 0.508 e. The summed E-state index contributed by atoms with van der Waals surface area (Å²) in [6.07, 6.45) is 3.15. The Morgan fingerprint density at radius 3 is 2.72 bits per heavy atom. The lowest BCUT2D eigenvalue weighted by molar-refractivity contribution is -0.0267. The Morgan fingerprint density at radius 2 is 2.04 bits per heavy atom. The van der Waals surface area contributed by atoms with Gasteiger partial charge in [-0.25, -0.2) is 0 Å². The van der Waals surface area contributed by atoms with Crippen molar-refractivity contribution >= 4 is 5.91 Å². The van der Waals surface area contributed by atoms with Crippen LogP contribution >= 0.6 is 0 Å². The molecular weight excluding hydrogens is 314 g/mol. The number of carbonyl (C=O) groups excluding carboxylic acids is 1. The molecule has 1 aliphatic heterocycles. The number of furan rings is 1. The fourth-order valence-electron chi connectivity index (χ4n) is 4.93. The Bertz CT molecular complexity index is 851. The second-order valence-corrected chi connectivity index (χ2v) is 8.22. The highest BCUT2D eigenvalue weighted by Crippen LogP contribution is 2.57. The monoisotopic (exact) mass is 339 g/mol. The Morgan fingerprint density at radius 1 is 1.28 bits per heavy atom. The van der Waals surface area contributed by atoms with E-state index in [9.17, 15) is 9.90 Å². The number of likely N-dealkylation sites (tertiary alicyclic amines) is 1. The topological polar surface area (TPSA) is 53.7 Å². The van der Waals surface area contributed by atoms with Gasteiger partial charge < -0.3 is 14.4 Å². The standard InChI is InChI=1S/C21H25NO3/c1-13-14(8-11-25-13)19(24)22-10-9-21(4)16-6-5-7-17(23)15(16)12-18(22)20(21,2)3/h5-8,11,18,23H,9-10,12H2,1-4H3/t18-,21+/m1/s1. The molecule has 132 valence electrons. The highest BCUT2D eigenvalue weighted by Gasteiger charge is 2.57. The highest BCUT2D eigenvalue weighted by molar-refractivity contribution is 5.95. The Hall–Kier alpha value is -2.23. The molecule has 1 fully saturated rings. The lowest BCUT2D eigenvalue weighted by atomic mass is 9.51. The van der Waals surface area contributed by atoms with Gasteiger partial charge in [0.15, 0.2) is 0 Å². The van der Waals surface area contributed by atoms with E-state index >= 15 is 0 Å². The van der Waals surface area contributed by atoms with Crippen LogP contribution in [0.5, 0.6) is 5.75 Å². The number of nitrogens with zero attached hydrogens (tertiary/aromatic N) is 1. The molecule has 0 radical (unpaired) electrons. The van der Waals surface area contributed by atoms with E-state index in [0.717, 1.165) is 18.5 Å². The second-order valence-electron chi connectivity index (χ2n) is 8.22. The van der Waals surface area contributed by atoms with Crippen LogP contribution in [0.25, 0.3) is 0 Å². The van der Waals surface area contributed by atoms with Crippen molar-refractivity contribution in [2.75, 3.05) is 6.54 Å². The van der Waals surface area contributed by atoms with E-state index in [1.54, 1.807) is 18.4 Å².